The molecule has 1 saturated heterocycles. The van der Waals surface area contributed by atoms with Crippen LogP contribution in [0.4, 0.5) is 0 Å². The smallest absolute Gasteiger partial charge is 0.241 e. The molecular formula is C13H26N2O3S. The summed E-state index contributed by atoms with van der Waals surface area (Å²) in [7, 11) is -2.95. The molecule has 1 fully saturated rings. The third-order valence-corrected chi connectivity index (χ3v) is 4.43. The number of sulfone groups is 1. The molecule has 1 heterocycles. The van der Waals surface area contributed by atoms with Crippen LogP contribution in [0.25, 0.3) is 0 Å². The Balaban J connectivity index is 2.58. The van der Waals surface area contributed by atoms with Crippen LogP contribution in [-0.2, 0) is 14.6 Å². The molecule has 0 aromatic rings. The Morgan fingerprint density at radius 1 is 1.21 bits per heavy atom. The van der Waals surface area contributed by atoms with Crippen molar-refractivity contribution in [2.24, 2.45) is 0 Å². The summed E-state index contributed by atoms with van der Waals surface area (Å²) in [6.07, 6.45) is 5.58. The maximum Gasteiger partial charge on any atom is 0.241 e. The molecule has 5 nitrogen and oxygen atoms in total. The van der Waals surface area contributed by atoms with Gasteiger partial charge in [0.05, 0.1) is 18.0 Å². The molecule has 1 aliphatic rings. The number of amides is 1. The predicted molar refractivity (Wildman–Crippen MR) is 76.6 cm³/mol. The number of hydrogen-bond acceptors (Lipinski definition) is 4. The summed E-state index contributed by atoms with van der Waals surface area (Å²) in [5.74, 6) is 0.280. The lowest BCUT2D eigenvalue weighted by atomic mass is 10.2. The summed E-state index contributed by atoms with van der Waals surface area (Å²) in [6, 6.07) is -0.0835. The quantitative estimate of drug-likeness (QED) is 0.728. The Hall–Kier alpha value is -0.620. The van der Waals surface area contributed by atoms with Gasteiger partial charge in [-0.2, -0.15) is 0 Å². The minimum absolute atomic E-state index is 0.0774. The number of rotatable bonds is 8. The van der Waals surface area contributed by atoms with Gasteiger partial charge in [0, 0.05) is 12.8 Å². The van der Waals surface area contributed by atoms with Gasteiger partial charge in [0.15, 0.2) is 0 Å². The Kier molecular flexibility index (Phi) is 6.26. The number of carbonyl (C=O) groups excluding carboxylic acids is 1. The molecule has 6 heteroatoms. The first-order valence-electron chi connectivity index (χ1n) is 7.13. The van der Waals surface area contributed by atoms with E-state index in [9.17, 15) is 13.2 Å². The SMILES string of the molecule is CCCC1NC(CCC)N(CCCS(C)(=O)=O)C1=O. The molecule has 1 rings (SSSR count). The molecule has 19 heavy (non-hydrogen) atoms. The summed E-state index contributed by atoms with van der Waals surface area (Å²) in [5, 5.41) is 3.37. The maximum absolute atomic E-state index is 12.3. The zero-order valence-electron chi connectivity index (χ0n) is 12.2. The predicted octanol–water partition coefficient (Wildman–Crippen LogP) is 1.15. The van der Waals surface area contributed by atoms with Crippen molar-refractivity contribution in [1.29, 1.82) is 0 Å². The summed E-state index contributed by atoms with van der Waals surface area (Å²) >= 11 is 0. The molecule has 1 aliphatic heterocycles. The first kappa shape index (κ1) is 16.4. The van der Waals surface area contributed by atoms with Crippen molar-refractivity contribution in [2.75, 3.05) is 18.6 Å². The van der Waals surface area contributed by atoms with Crippen molar-refractivity contribution in [3.63, 3.8) is 0 Å². The maximum atomic E-state index is 12.3. The molecule has 0 aliphatic carbocycles. The minimum Gasteiger partial charge on any atom is -0.326 e. The van der Waals surface area contributed by atoms with Crippen molar-refractivity contribution in [2.45, 2.75) is 58.2 Å². The second-order valence-electron chi connectivity index (χ2n) is 5.33. The molecule has 2 atom stereocenters. The van der Waals surface area contributed by atoms with Gasteiger partial charge in [0.25, 0.3) is 0 Å². The van der Waals surface area contributed by atoms with Crippen molar-refractivity contribution < 1.29 is 13.2 Å². The van der Waals surface area contributed by atoms with E-state index >= 15 is 0 Å². The van der Waals surface area contributed by atoms with E-state index in [0.29, 0.717) is 13.0 Å². The van der Waals surface area contributed by atoms with Crippen LogP contribution in [0.3, 0.4) is 0 Å². The average Bonchev–Trinajstić information content (AvgIpc) is 2.57. The normalized spacial score (nSPS) is 24.2. The van der Waals surface area contributed by atoms with E-state index in [1.807, 2.05) is 4.90 Å². The second kappa shape index (κ2) is 7.24. The van der Waals surface area contributed by atoms with Crippen LogP contribution in [0.2, 0.25) is 0 Å². The third-order valence-electron chi connectivity index (χ3n) is 3.40. The molecule has 0 aromatic heterocycles. The average molecular weight is 290 g/mol. The first-order chi connectivity index (χ1) is 8.89. The molecule has 0 radical (unpaired) electrons. The highest BCUT2D eigenvalue weighted by Gasteiger charge is 2.37. The van der Waals surface area contributed by atoms with Gasteiger partial charge < -0.3 is 4.90 Å². The Labute approximate surface area is 116 Å². The highest BCUT2D eigenvalue weighted by atomic mass is 32.2. The molecule has 112 valence electrons. The fraction of sp³-hybridized carbons (Fsp3) is 0.923. The Morgan fingerprint density at radius 2 is 1.84 bits per heavy atom. The Morgan fingerprint density at radius 3 is 2.37 bits per heavy atom. The van der Waals surface area contributed by atoms with Gasteiger partial charge >= 0.3 is 0 Å². The molecular weight excluding hydrogens is 264 g/mol. The molecule has 0 bridgehead atoms. The van der Waals surface area contributed by atoms with Crippen LogP contribution in [0.15, 0.2) is 0 Å². The van der Waals surface area contributed by atoms with Crippen LogP contribution in [0.5, 0.6) is 0 Å². The molecule has 0 aromatic carbocycles. The summed E-state index contributed by atoms with van der Waals surface area (Å²) < 4.78 is 22.3. The molecule has 0 spiro atoms. The minimum atomic E-state index is -2.95. The van der Waals surface area contributed by atoms with Gasteiger partial charge in [0.2, 0.25) is 5.91 Å². The number of hydrogen-bond donors (Lipinski definition) is 1. The van der Waals surface area contributed by atoms with Crippen LogP contribution in [0.1, 0.15) is 46.0 Å². The van der Waals surface area contributed by atoms with E-state index in [2.05, 4.69) is 19.2 Å². The van der Waals surface area contributed by atoms with Crippen molar-refractivity contribution >= 4 is 15.7 Å². The lowest BCUT2D eigenvalue weighted by molar-refractivity contribution is -0.130. The molecule has 0 saturated carbocycles. The largest absolute Gasteiger partial charge is 0.326 e. The fourth-order valence-electron chi connectivity index (χ4n) is 2.52. The van der Waals surface area contributed by atoms with Gasteiger partial charge in [-0.1, -0.05) is 26.7 Å². The third kappa shape index (κ3) is 5.10. The van der Waals surface area contributed by atoms with E-state index in [4.69, 9.17) is 0 Å². The lowest BCUT2D eigenvalue weighted by Crippen LogP contribution is -2.38. The van der Waals surface area contributed by atoms with Gasteiger partial charge in [-0.05, 0) is 19.3 Å². The van der Waals surface area contributed by atoms with Crippen LogP contribution >= 0.6 is 0 Å². The summed E-state index contributed by atoms with van der Waals surface area (Å²) in [6.45, 7) is 4.69. The van der Waals surface area contributed by atoms with Crippen LogP contribution < -0.4 is 5.32 Å². The van der Waals surface area contributed by atoms with Gasteiger partial charge in [0.1, 0.15) is 9.84 Å². The number of carbonyl (C=O) groups is 1. The van der Waals surface area contributed by atoms with E-state index in [-0.39, 0.29) is 23.9 Å². The second-order valence-corrected chi connectivity index (χ2v) is 7.59. The van der Waals surface area contributed by atoms with E-state index in [1.165, 1.54) is 6.26 Å². The Bertz CT molecular complexity index is 395. The van der Waals surface area contributed by atoms with Crippen molar-refractivity contribution in [3.05, 3.63) is 0 Å². The van der Waals surface area contributed by atoms with Crippen molar-refractivity contribution in [1.82, 2.24) is 10.2 Å². The van der Waals surface area contributed by atoms with Gasteiger partial charge in [-0.15, -0.1) is 0 Å². The van der Waals surface area contributed by atoms with Crippen LogP contribution in [-0.4, -0.2) is 50.0 Å². The van der Waals surface area contributed by atoms with Crippen molar-refractivity contribution in [3.8, 4) is 0 Å². The number of nitrogens with one attached hydrogen (secondary N) is 1. The fourth-order valence-corrected chi connectivity index (χ4v) is 3.17. The summed E-state index contributed by atoms with van der Waals surface area (Å²) in [4.78, 5) is 14.1. The summed E-state index contributed by atoms with van der Waals surface area (Å²) in [5.41, 5.74) is 0. The van der Waals surface area contributed by atoms with E-state index in [1.54, 1.807) is 0 Å². The highest BCUT2D eigenvalue weighted by molar-refractivity contribution is 7.90. The first-order valence-corrected chi connectivity index (χ1v) is 9.19. The van der Waals surface area contributed by atoms with Gasteiger partial charge in [-0.3, -0.25) is 10.1 Å². The van der Waals surface area contributed by atoms with E-state index < -0.39 is 9.84 Å². The lowest BCUT2D eigenvalue weighted by Gasteiger charge is -2.23. The molecule has 1 N–H and O–H groups in total. The monoisotopic (exact) mass is 290 g/mol. The van der Waals surface area contributed by atoms with Crippen LogP contribution in [0, 0.1) is 0 Å². The number of nitrogens with zero attached hydrogens (tertiary/aromatic N) is 1. The van der Waals surface area contributed by atoms with E-state index in [0.717, 1.165) is 25.7 Å². The van der Waals surface area contributed by atoms with Gasteiger partial charge in [-0.25, -0.2) is 8.42 Å². The zero-order valence-corrected chi connectivity index (χ0v) is 13.0. The molecule has 1 amide bonds. The standard InChI is InChI=1S/C13H26N2O3S/c1-4-7-11-13(16)15(12(14-11)8-5-2)9-6-10-19(3,17)18/h11-12,14H,4-10H2,1-3H3. The zero-order chi connectivity index (χ0) is 14.5. The topological polar surface area (TPSA) is 66.5 Å². The highest BCUT2D eigenvalue weighted by Crippen LogP contribution is 2.18. The molecule has 2 unspecified atom stereocenters.